The molecule has 0 bridgehead atoms. The van der Waals surface area contributed by atoms with E-state index in [2.05, 4.69) is 36.0 Å². The molecule has 1 rings (SSSR count). The lowest BCUT2D eigenvalue weighted by Gasteiger charge is -2.25. The molecule has 0 heterocycles. The molecule has 0 atom stereocenters. The number of benzene rings is 1. The zero-order valence-corrected chi connectivity index (χ0v) is 9.80. The highest BCUT2D eigenvalue weighted by Gasteiger charge is 2.11. The van der Waals surface area contributed by atoms with Crippen LogP contribution in [-0.4, -0.2) is 28.5 Å². The van der Waals surface area contributed by atoms with E-state index in [-0.39, 0.29) is 5.84 Å². The molecular weight excluding hydrogens is 202 g/mol. The minimum Gasteiger partial charge on any atom is -0.409 e. The van der Waals surface area contributed by atoms with Gasteiger partial charge in [-0.25, -0.2) is 0 Å². The highest BCUT2D eigenvalue weighted by Crippen LogP contribution is 2.07. The van der Waals surface area contributed by atoms with Crippen molar-refractivity contribution in [2.75, 3.05) is 6.54 Å². The Morgan fingerprint density at radius 1 is 1.38 bits per heavy atom. The van der Waals surface area contributed by atoms with Crippen LogP contribution in [0.25, 0.3) is 0 Å². The lowest BCUT2D eigenvalue weighted by Crippen LogP contribution is -2.38. The molecule has 0 amide bonds. The van der Waals surface area contributed by atoms with E-state index < -0.39 is 0 Å². The number of rotatable bonds is 5. The zero-order chi connectivity index (χ0) is 12.0. The molecule has 1 aromatic rings. The molecule has 1 aromatic carbocycles. The first kappa shape index (κ1) is 12.5. The van der Waals surface area contributed by atoms with Gasteiger partial charge in [0.2, 0.25) is 0 Å². The predicted octanol–water partition coefficient (Wildman–Crippen LogP) is 1.64. The average Bonchev–Trinajstić information content (AvgIpc) is 2.29. The summed E-state index contributed by atoms with van der Waals surface area (Å²) >= 11 is 0. The molecule has 0 radical (unpaired) electrons. The number of nitrogens with two attached hydrogens (primary N) is 1. The Bertz CT molecular complexity index is 335. The van der Waals surface area contributed by atoms with Gasteiger partial charge in [-0.15, -0.1) is 0 Å². The van der Waals surface area contributed by atoms with Crippen LogP contribution >= 0.6 is 0 Å². The molecule has 0 aliphatic heterocycles. The van der Waals surface area contributed by atoms with Gasteiger partial charge in [0.05, 0.1) is 6.54 Å². The quantitative estimate of drug-likeness (QED) is 0.344. The Labute approximate surface area is 96.4 Å². The smallest absolute Gasteiger partial charge is 0.153 e. The van der Waals surface area contributed by atoms with Crippen molar-refractivity contribution in [2.24, 2.45) is 10.9 Å². The van der Waals surface area contributed by atoms with E-state index in [1.807, 2.05) is 18.2 Å². The molecule has 0 unspecified atom stereocenters. The number of oxime groups is 1. The van der Waals surface area contributed by atoms with Gasteiger partial charge in [0, 0.05) is 12.6 Å². The fourth-order valence-electron chi connectivity index (χ4n) is 1.48. The minimum absolute atomic E-state index is 0.240. The molecule has 0 aromatic heterocycles. The summed E-state index contributed by atoms with van der Waals surface area (Å²) in [4.78, 5) is 2.14. The second kappa shape index (κ2) is 6.12. The van der Waals surface area contributed by atoms with Crippen LogP contribution in [0, 0.1) is 0 Å². The maximum Gasteiger partial charge on any atom is 0.153 e. The van der Waals surface area contributed by atoms with Gasteiger partial charge >= 0.3 is 0 Å². The molecule has 16 heavy (non-hydrogen) atoms. The van der Waals surface area contributed by atoms with Crippen molar-refractivity contribution in [3.05, 3.63) is 35.9 Å². The molecule has 88 valence electrons. The molecule has 0 saturated heterocycles. The van der Waals surface area contributed by atoms with Crippen LogP contribution in [0.1, 0.15) is 19.4 Å². The van der Waals surface area contributed by atoms with E-state index in [4.69, 9.17) is 10.9 Å². The van der Waals surface area contributed by atoms with E-state index in [0.29, 0.717) is 12.6 Å². The van der Waals surface area contributed by atoms with Crippen molar-refractivity contribution in [3.8, 4) is 0 Å². The van der Waals surface area contributed by atoms with Crippen LogP contribution < -0.4 is 5.73 Å². The average molecular weight is 221 g/mol. The summed E-state index contributed by atoms with van der Waals surface area (Å²) < 4.78 is 0. The molecule has 4 nitrogen and oxygen atoms in total. The van der Waals surface area contributed by atoms with Crippen LogP contribution in [0.4, 0.5) is 0 Å². The van der Waals surface area contributed by atoms with Crippen LogP contribution in [0.3, 0.4) is 0 Å². The summed E-state index contributed by atoms with van der Waals surface area (Å²) in [5.74, 6) is 0.240. The number of hydrogen-bond donors (Lipinski definition) is 2. The second-order valence-corrected chi connectivity index (χ2v) is 4.08. The molecular formula is C12H19N3O. The number of hydrogen-bond acceptors (Lipinski definition) is 3. The van der Waals surface area contributed by atoms with Crippen molar-refractivity contribution < 1.29 is 5.21 Å². The molecule has 0 spiro atoms. The fraction of sp³-hybridized carbons (Fsp3) is 0.417. The predicted molar refractivity (Wildman–Crippen MR) is 65.4 cm³/mol. The third-order valence-electron chi connectivity index (χ3n) is 2.45. The highest BCUT2D eigenvalue weighted by molar-refractivity contribution is 5.81. The summed E-state index contributed by atoms with van der Waals surface area (Å²) in [5.41, 5.74) is 6.75. The molecule has 3 N–H and O–H groups in total. The first-order chi connectivity index (χ1) is 7.63. The molecule has 0 aliphatic carbocycles. The standard InChI is InChI=1S/C12H19N3O/c1-10(2)15(9-12(13)14-16)8-11-6-4-3-5-7-11/h3-7,10,16H,8-9H2,1-2H3,(H2,13,14). The van der Waals surface area contributed by atoms with E-state index in [0.717, 1.165) is 6.54 Å². The summed E-state index contributed by atoms with van der Waals surface area (Å²) in [6.45, 7) is 5.46. The topological polar surface area (TPSA) is 61.8 Å². The minimum atomic E-state index is 0.240. The highest BCUT2D eigenvalue weighted by atomic mass is 16.4. The number of nitrogens with zero attached hydrogens (tertiary/aromatic N) is 2. The SMILES string of the molecule is CC(C)N(C/C(N)=N/O)Cc1ccccc1. The molecule has 0 aliphatic rings. The summed E-state index contributed by atoms with van der Waals surface area (Å²) in [6, 6.07) is 10.5. The number of amidine groups is 1. The maximum absolute atomic E-state index is 8.57. The van der Waals surface area contributed by atoms with E-state index in [1.165, 1.54) is 5.56 Å². The Morgan fingerprint density at radius 2 is 2.00 bits per heavy atom. The normalized spacial score (nSPS) is 12.4. The summed E-state index contributed by atoms with van der Waals surface area (Å²) in [5, 5.41) is 11.6. The third-order valence-corrected chi connectivity index (χ3v) is 2.45. The van der Waals surface area contributed by atoms with Gasteiger partial charge in [0.15, 0.2) is 5.84 Å². The maximum atomic E-state index is 8.57. The lowest BCUT2D eigenvalue weighted by atomic mass is 10.2. The van der Waals surface area contributed by atoms with Crippen LogP contribution in [0.5, 0.6) is 0 Å². The Kier molecular flexibility index (Phi) is 4.79. The van der Waals surface area contributed by atoms with E-state index in [1.54, 1.807) is 0 Å². The Morgan fingerprint density at radius 3 is 2.50 bits per heavy atom. The van der Waals surface area contributed by atoms with Crippen molar-refractivity contribution in [3.63, 3.8) is 0 Å². The lowest BCUT2D eigenvalue weighted by molar-refractivity contribution is 0.238. The van der Waals surface area contributed by atoms with Gasteiger partial charge in [0.25, 0.3) is 0 Å². The van der Waals surface area contributed by atoms with Crippen molar-refractivity contribution >= 4 is 5.84 Å². The van der Waals surface area contributed by atoms with Gasteiger partial charge in [-0.2, -0.15) is 0 Å². The van der Waals surface area contributed by atoms with Gasteiger partial charge < -0.3 is 10.9 Å². The third kappa shape index (κ3) is 3.90. The van der Waals surface area contributed by atoms with Gasteiger partial charge in [-0.1, -0.05) is 35.5 Å². The van der Waals surface area contributed by atoms with Gasteiger partial charge in [-0.3, -0.25) is 4.90 Å². The fourth-order valence-corrected chi connectivity index (χ4v) is 1.48. The van der Waals surface area contributed by atoms with Crippen molar-refractivity contribution in [2.45, 2.75) is 26.4 Å². The summed E-state index contributed by atoms with van der Waals surface area (Å²) in [7, 11) is 0. The van der Waals surface area contributed by atoms with Crippen LogP contribution in [0.15, 0.2) is 35.5 Å². The second-order valence-electron chi connectivity index (χ2n) is 4.08. The van der Waals surface area contributed by atoms with Crippen molar-refractivity contribution in [1.29, 1.82) is 0 Å². The van der Waals surface area contributed by atoms with Gasteiger partial charge in [0.1, 0.15) is 0 Å². The Hall–Kier alpha value is -1.55. The van der Waals surface area contributed by atoms with Gasteiger partial charge in [-0.05, 0) is 19.4 Å². The monoisotopic (exact) mass is 221 g/mol. The van der Waals surface area contributed by atoms with E-state index in [9.17, 15) is 0 Å². The first-order valence-electron chi connectivity index (χ1n) is 5.38. The van der Waals surface area contributed by atoms with Crippen LogP contribution in [0.2, 0.25) is 0 Å². The first-order valence-corrected chi connectivity index (χ1v) is 5.38. The Balaban J connectivity index is 2.65. The molecule has 0 fully saturated rings. The largest absolute Gasteiger partial charge is 0.409 e. The summed E-state index contributed by atoms with van der Waals surface area (Å²) in [6.07, 6.45) is 0. The zero-order valence-electron chi connectivity index (χ0n) is 9.80. The van der Waals surface area contributed by atoms with E-state index >= 15 is 0 Å². The molecule has 0 saturated carbocycles. The van der Waals surface area contributed by atoms with Crippen LogP contribution in [-0.2, 0) is 6.54 Å². The van der Waals surface area contributed by atoms with Crippen molar-refractivity contribution in [1.82, 2.24) is 4.90 Å². The molecule has 4 heteroatoms.